The topological polar surface area (TPSA) is 62.1 Å². The highest BCUT2D eigenvalue weighted by atomic mass is 32.1. The molecule has 1 N–H and O–H groups in total. The van der Waals surface area contributed by atoms with Crippen molar-refractivity contribution in [3.63, 3.8) is 0 Å². The number of nitrogens with zero attached hydrogens (tertiary/aromatic N) is 4. The Morgan fingerprint density at radius 2 is 1.78 bits per heavy atom. The molecule has 0 fully saturated rings. The summed E-state index contributed by atoms with van der Waals surface area (Å²) in [7, 11) is 1.66. The van der Waals surface area contributed by atoms with Crippen molar-refractivity contribution >= 4 is 34.2 Å². The highest BCUT2D eigenvalue weighted by Gasteiger charge is 2.31. The van der Waals surface area contributed by atoms with Crippen molar-refractivity contribution in [2.75, 3.05) is 12.4 Å². The third kappa shape index (κ3) is 4.10. The lowest BCUT2D eigenvalue weighted by Gasteiger charge is -2.35. The number of hydrogen-bond acceptors (Lipinski definition) is 7. The summed E-state index contributed by atoms with van der Waals surface area (Å²) in [6.07, 6.45) is 3.36. The number of para-hydroxylation sites is 1. The van der Waals surface area contributed by atoms with Gasteiger partial charge < -0.3 is 10.1 Å². The molecule has 2 heterocycles. The lowest BCUT2D eigenvalue weighted by Crippen LogP contribution is -2.38. The van der Waals surface area contributed by atoms with Crippen LogP contribution in [0.25, 0.3) is 0 Å². The molecule has 1 aromatic heterocycles. The van der Waals surface area contributed by atoms with Gasteiger partial charge in [-0.05, 0) is 35.9 Å². The average Bonchev–Trinajstić information content (AvgIpc) is 3.37. The zero-order chi connectivity index (χ0) is 21.8. The fourth-order valence-corrected chi connectivity index (χ4v) is 4.07. The Morgan fingerprint density at radius 1 is 1.00 bits per heavy atom. The molecule has 7 heteroatoms. The molecule has 0 aliphatic carbocycles. The first-order valence-corrected chi connectivity index (χ1v) is 11.1. The Kier molecular flexibility index (Phi) is 5.63. The third-order valence-corrected chi connectivity index (χ3v) is 5.80. The summed E-state index contributed by atoms with van der Waals surface area (Å²) in [6, 6.07) is 26.0. The number of aliphatic imine (C=N–C) groups is 1. The molecule has 0 saturated heterocycles. The normalized spacial score (nSPS) is 15.3. The van der Waals surface area contributed by atoms with E-state index in [4.69, 9.17) is 14.8 Å². The van der Waals surface area contributed by atoms with Crippen LogP contribution in [0.5, 0.6) is 5.75 Å². The van der Waals surface area contributed by atoms with Crippen molar-refractivity contribution in [2.24, 2.45) is 10.1 Å². The zero-order valence-electron chi connectivity index (χ0n) is 17.4. The maximum absolute atomic E-state index is 5.26. The molecule has 4 aromatic rings. The Labute approximate surface area is 190 Å². The van der Waals surface area contributed by atoms with Crippen LogP contribution < -0.4 is 10.1 Å². The molecule has 32 heavy (non-hydrogen) atoms. The Hall–Kier alpha value is -3.97. The molecular formula is C25H21N5OS. The van der Waals surface area contributed by atoms with E-state index in [2.05, 4.69) is 16.4 Å². The number of hydrazone groups is 1. The van der Waals surface area contributed by atoms with Gasteiger partial charge in [0.15, 0.2) is 17.1 Å². The van der Waals surface area contributed by atoms with Crippen LogP contribution in [0.3, 0.4) is 0 Å². The summed E-state index contributed by atoms with van der Waals surface area (Å²) in [6.45, 7) is 0. The molecule has 5 rings (SSSR count). The standard InChI is InChI=1S/C25H21N5OS/c1-31-20-13-11-18(12-14-20)17-27-30-23(19-7-3-2-4-8-19)28-22-10-6-5-9-21(22)24(30)29-25-26-15-16-32-25/h2-17,24H,1H3,(H,26,29)/b27-17+. The summed E-state index contributed by atoms with van der Waals surface area (Å²) in [4.78, 5) is 9.40. The smallest absolute Gasteiger partial charge is 0.184 e. The molecular weight excluding hydrogens is 418 g/mol. The van der Waals surface area contributed by atoms with Crippen LogP contribution in [0.4, 0.5) is 10.8 Å². The maximum atomic E-state index is 5.26. The fourth-order valence-electron chi connectivity index (χ4n) is 3.51. The van der Waals surface area contributed by atoms with Crippen molar-refractivity contribution in [2.45, 2.75) is 6.17 Å². The second-order valence-corrected chi connectivity index (χ2v) is 8.00. The molecule has 1 atom stereocenters. The minimum absolute atomic E-state index is 0.264. The van der Waals surface area contributed by atoms with Gasteiger partial charge in [-0.15, -0.1) is 11.3 Å². The van der Waals surface area contributed by atoms with Gasteiger partial charge in [0, 0.05) is 22.7 Å². The Balaban J connectivity index is 1.59. The first-order chi connectivity index (χ1) is 15.8. The Bertz CT molecular complexity index is 1240. The van der Waals surface area contributed by atoms with E-state index < -0.39 is 0 Å². The number of benzene rings is 3. The van der Waals surface area contributed by atoms with E-state index in [-0.39, 0.29) is 6.17 Å². The van der Waals surface area contributed by atoms with Gasteiger partial charge in [0.1, 0.15) is 5.75 Å². The van der Waals surface area contributed by atoms with Crippen molar-refractivity contribution in [1.29, 1.82) is 0 Å². The number of fused-ring (bicyclic) bond motifs is 1. The lowest BCUT2D eigenvalue weighted by molar-refractivity contribution is 0.360. The largest absolute Gasteiger partial charge is 0.497 e. The predicted molar refractivity (Wildman–Crippen MR) is 130 cm³/mol. The quantitative estimate of drug-likeness (QED) is 0.392. The summed E-state index contributed by atoms with van der Waals surface area (Å²) in [5.74, 6) is 1.58. The second kappa shape index (κ2) is 9.03. The van der Waals surface area contributed by atoms with Crippen LogP contribution in [-0.4, -0.2) is 29.2 Å². The molecule has 0 amide bonds. The van der Waals surface area contributed by atoms with Crippen molar-refractivity contribution < 1.29 is 4.74 Å². The van der Waals surface area contributed by atoms with Gasteiger partial charge >= 0.3 is 0 Å². The molecule has 1 aliphatic heterocycles. The van der Waals surface area contributed by atoms with Crippen LogP contribution in [0.2, 0.25) is 0 Å². The molecule has 6 nitrogen and oxygen atoms in total. The average molecular weight is 440 g/mol. The zero-order valence-corrected chi connectivity index (χ0v) is 18.2. The number of anilines is 1. The molecule has 3 aromatic carbocycles. The predicted octanol–water partition coefficient (Wildman–Crippen LogP) is 5.69. The van der Waals surface area contributed by atoms with E-state index in [0.717, 1.165) is 39.1 Å². The van der Waals surface area contributed by atoms with E-state index in [9.17, 15) is 0 Å². The number of ether oxygens (including phenoxy) is 1. The molecule has 158 valence electrons. The van der Waals surface area contributed by atoms with Crippen LogP contribution in [0, 0.1) is 0 Å². The number of nitrogens with one attached hydrogen (secondary N) is 1. The number of hydrogen-bond donors (Lipinski definition) is 1. The van der Waals surface area contributed by atoms with Crippen LogP contribution in [0.1, 0.15) is 22.9 Å². The second-order valence-electron chi connectivity index (χ2n) is 7.11. The molecule has 1 aliphatic rings. The van der Waals surface area contributed by atoms with E-state index >= 15 is 0 Å². The monoisotopic (exact) mass is 439 g/mol. The number of aromatic nitrogens is 1. The fraction of sp³-hybridized carbons (Fsp3) is 0.0800. The summed E-state index contributed by atoms with van der Waals surface area (Å²) >= 11 is 1.55. The lowest BCUT2D eigenvalue weighted by atomic mass is 10.1. The van der Waals surface area contributed by atoms with Gasteiger partial charge in [-0.25, -0.2) is 15.0 Å². The minimum atomic E-state index is -0.264. The van der Waals surface area contributed by atoms with Crippen molar-refractivity contribution in [3.8, 4) is 5.75 Å². The Morgan fingerprint density at radius 3 is 2.53 bits per heavy atom. The summed E-state index contributed by atoms with van der Waals surface area (Å²) < 4.78 is 5.26. The highest BCUT2D eigenvalue weighted by Crippen LogP contribution is 2.37. The van der Waals surface area contributed by atoms with E-state index in [1.54, 1.807) is 24.6 Å². The van der Waals surface area contributed by atoms with Crippen LogP contribution in [-0.2, 0) is 0 Å². The summed E-state index contributed by atoms with van der Waals surface area (Å²) in [5.41, 5.74) is 3.90. The third-order valence-electron chi connectivity index (χ3n) is 5.09. The molecule has 0 radical (unpaired) electrons. The van der Waals surface area contributed by atoms with E-state index in [0.29, 0.717) is 0 Å². The highest BCUT2D eigenvalue weighted by molar-refractivity contribution is 7.13. The van der Waals surface area contributed by atoms with Gasteiger partial charge in [-0.3, -0.25) is 0 Å². The molecule has 1 unspecified atom stereocenters. The van der Waals surface area contributed by atoms with Gasteiger partial charge in [-0.1, -0.05) is 48.5 Å². The van der Waals surface area contributed by atoms with Crippen LogP contribution >= 0.6 is 11.3 Å². The van der Waals surface area contributed by atoms with Gasteiger partial charge in [0.2, 0.25) is 0 Å². The van der Waals surface area contributed by atoms with Gasteiger partial charge in [-0.2, -0.15) is 5.10 Å². The number of thiazole rings is 1. The van der Waals surface area contributed by atoms with Gasteiger partial charge in [0.05, 0.1) is 19.0 Å². The maximum Gasteiger partial charge on any atom is 0.184 e. The molecule has 0 saturated carbocycles. The molecule has 0 spiro atoms. The first kappa shape index (κ1) is 20.0. The van der Waals surface area contributed by atoms with Crippen molar-refractivity contribution in [3.05, 3.63) is 107 Å². The number of rotatable bonds is 6. The van der Waals surface area contributed by atoms with Crippen molar-refractivity contribution in [1.82, 2.24) is 9.99 Å². The SMILES string of the molecule is COc1ccc(/C=N/N2C(c3ccccc3)=Nc3ccccc3C2Nc2nccs2)cc1. The first-order valence-electron chi connectivity index (χ1n) is 10.2. The van der Waals surface area contributed by atoms with Gasteiger partial charge in [0.25, 0.3) is 0 Å². The van der Waals surface area contributed by atoms with E-state index in [1.165, 1.54) is 0 Å². The minimum Gasteiger partial charge on any atom is -0.497 e. The van der Waals surface area contributed by atoms with E-state index in [1.807, 2.05) is 89.4 Å². The number of amidine groups is 1. The summed E-state index contributed by atoms with van der Waals surface area (Å²) in [5, 5.41) is 13.1. The number of methoxy groups -OCH3 is 1. The van der Waals surface area contributed by atoms with Crippen LogP contribution in [0.15, 0.2) is 101 Å². The molecule has 0 bridgehead atoms.